The van der Waals surface area contributed by atoms with E-state index in [4.69, 9.17) is 9.72 Å². The first-order valence-electron chi connectivity index (χ1n) is 24.7. The average molecular weight is 1060 g/mol. The van der Waals surface area contributed by atoms with Gasteiger partial charge in [0.25, 0.3) is 5.91 Å². The highest BCUT2D eigenvalue weighted by molar-refractivity contribution is 9.10. The van der Waals surface area contributed by atoms with Gasteiger partial charge in [-0.1, -0.05) is 36.1 Å². The molecule has 1 atom stereocenters. The molecule has 4 aliphatic rings. The molecule has 4 aromatic rings. The number of rotatable bonds is 17. The number of nitrogens with zero attached hydrogens (tertiary/aromatic N) is 7. The van der Waals surface area contributed by atoms with E-state index >= 15 is 0 Å². The Morgan fingerprint density at radius 3 is 2.47 bits per heavy atom. The number of imide groups is 1. The summed E-state index contributed by atoms with van der Waals surface area (Å²) in [4.78, 5) is 71.1. The number of unbranched alkanes of at least 4 members (excludes halogenated alkanes) is 2. The fourth-order valence-corrected chi connectivity index (χ4v) is 11.2. The number of piperidine rings is 2. The minimum atomic E-state index is -2.59. The van der Waals surface area contributed by atoms with Gasteiger partial charge >= 0.3 is 0 Å². The molecule has 72 heavy (non-hydrogen) atoms. The number of likely N-dealkylation sites (N-methyl/N-ethyl adjacent to an activating group) is 1. The van der Waals surface area contributed by atoms with Crippen LogP contribution in [0.4, 0.5) is 34.5 Å². The Labute approximate surface area is 431 Å². The van der Waals surface area contributed by atoms with E-state index in [9.17, 15) is 23.7 Å². The van der Waals surface area contributed by atoms with Crippen LogP contribution in [0.25, 0.3) is 0 Å². The summed E-state index contributed by atoms with van der Waals surface area (Å²) in [6.07, 6.45) is 10.4. The Morgan fingerprint density at radius 1 is 0.958 bits per heavy atom. The molecule has 1 aromatic heterocycles. The first-order valence-corrected chi connectivity index (χ1v) is 28.1. The molecule has 19 heteroatoms. The van der Waals surface area contributed by atoms with E-state index in [2.05, 4.69) is 68.7 Å². The standard InChI is InChI=1S/C53H65BrN11O6P/c1-61(2)24-13-19-48(66)56-42-32-43(58-53-55-34-40(54)50(60-53)57-41-17-9-10-18-47(41)72(4,5)70)46(71-3)33-45(42)64-26-22-37(23-27-64)63-30-28-62(29-31-63)25-11-7-6-8-14-36-15-12-16-38-39(36)35-65(52(38)69)44-20-21-49(67)59-51(44)68/h9-10,12-13,15-19,32-34,37,44H,6-7,11,20-31,35H2,1-5H3,(H,56,66)(H,59,67,68)(H2,55,57,58,60)/b19-13+. The van der Waals surface area contributed by atoms with Crippen LogP contribution in [0, 0.1) is 11.8 Å². The number of aromatic nitrogens is 2. The van der Waals surface area contributed by atoms with E-state index in [0.29, 0.717) is 70.2 Å². The number of methoxy groups -OCH3 is 1. The average Bonchev–Trinajstić information content (AvgIpc) is 3.69. The summed E-state index contributed by atoms with van der Waals surface area (Å²) in [6.45, 7) is 11.2. The normalized spacial score (nSPS) is 18.0. The number of carbonyl (C=O) groups excluding carboxylic acids is 4. The predicted molar refractivity (Wildman–Crippen MR) is 288 cm³/mol. The van der Waals surface area contributed by atoms with Crippen molar-refractivity contribution in [1.82, 2.24) is 34.9 Å². The van der Waals surface area contributed by atoms with Gasteiger partial charge in [0, 0.05) is 106 Å². The molecule has 3 fully saturated rings. The van der Waals surface area contributed by atoms with Crippen molar-refractivity contribution in [3.63, 3.8) is 0 Å². The second-order valence-electron chi connectivity index (χ2n) is 19.3. The highest BCUT2D eigenvalue weighted by Gasteiger charge is 2.40. The van der Waals surface area contributed by atoms with E-state index in [1.807, 2.05) is 73.6 Å². The monoisotopic (exact) mass is 1060 g/mol. The smallest absolute Gasteiger partial charge is 0.255 e. The summed E-state index contributed by atoms with van der Waals surface area (Å²) in [6, 6.07) is 16.7. The minimum absolute atomic E-state index is 0.184. The number of nitrogens with one attached hydrogen (secondary N) is 4. The number of fused-ring (bicyclic) bond motifs is 1. The van der Waals surface area contributed by atoms with Gasteiger partial charge in [0.2, 0.25) is 23.7 Å². The number of halogens is 1. The highest BCUT2D eigenvalue weighted by atomic mass is 79.9. The molecule has 17 nitrogen and oxygen atoms in total. The molecule has 4 amide bonds. The summed E-state index contributed by atoms with van der Waals surface area (Å²) < 4.78 is 19.7. The Kier molecular flexibility index (Phi) is 17.1. The largest absolute Gasteiger partial charge is 0.494 e. The third kappa shape index (κ3) is 12.9. The van der Waals surface area contributed by atoms with E-state index in [0.717, 1.165) is 100 Å². The van der Waals surface area contributed by atoms with Crippen molar-refractivity contribution in [3.05, 3.63) is 94.1 Å². The van der Waals surface area contributed by atoms with Crippen molar-refractivity contribution in [1.29, 1.82) is 0 Å². The van der Waals surface area contributed by atoms with Gasteiger partial charge in [0.15, 0.2) is 0 Å². The lowest BCUT2D eigenvalue weighted by Gasteiger charge is -2.43. The minimum Gasteiger partial charge on any atom is -0.494 e. The lowest BCUT2D eigenvalue weighted by atomic mass is 10.0. The predicted octanol–water partition coefficient (Wildman–Crippen LogP) is 6.61. The first kappa shape index (κ1) is 52.2. The zero-order valence-electron chi connectivity index (χ0n) is 41.8. The number of para-hydroxylation sites is 1. The van der Waals surface area contributed by atoms with Crippen molar-refractivity contribution in [2.24, 2.45) is 0 Å². The summed E-state index contributed by atoms with van der Waals surface area (Å²) in [7, 11) is 2.94. The van der Waals surface area contributed by atoms with Crippen LogP contribution in [0.1, 0.15) is 66.4 Å². The second-order valence-corrected chi connectivity index (χ2v) is 23.4. The molecular weight excluding hydrogens is 998 g/mol. The number of benzene rings is 3. The topological polar surface area (TPSA) is 185 Å². The molecule has 1 unspecified atom stereocenters. The number of hydrogen-bond acceptors (Lipinski definition) is 14. The number of hydrogen-bond donors (Lipinski definition) is 4. The van der Waals surface area contributed by atoms with Gasteiger partial charge in [-0.3, -0.25) is 29.4 Å². The zero-order valence-corrected chi connectivity index (χ0v) is 44.3. The van der Waals surface area contributed by atoms with Crippen LogP contribution in [-0.2, 0) is 25.5 Å². The van der Waals surface area contributed by atoms with Crippen molar-refractivity contribution in [3.8, 4) is 17.6 Å². The summed E-state index contributed by atoms with van der Waals surface area (Å²) >= 11 is 3.57. The molecular formula is C53H65BrN11O6P. The molecule has 0 radical (unpaired) electrons. The zero-order chi connectivity index (χ0) is 50.9. The van der Waals surface area contributed by atoms with Gasteiger partial charge in [-0.25, -0.2) is 4.98 Å². The molecule has 3 saturated heterocycles. The van der Waals surface area contributed by atoms with Crippen molar-refractivity contribution < 1.29 is 28.5 Å². The van der Waals surface area contributed by atoms with Gasteiger partial charge in [-0.05, 0) is 118 Å². The molecule has 4 N–H and O–H groups in total. The molecule has 4 aliphatic heterocycles. The number of ether oxygens (including phenoxy) is 1. The number of carbonyl (C=O) groups is 4. The molecule has 8 rings (SSSR count). The maximum absolute atomic E-state index is 13.4. The van der Waals surface area contributed by atoms with Crippen LogP contribution in [0.3, 0.4) is 0 Å². The quantitative estimate of drug-likeness (QED) is 0.0291. The third-order valence-electron chi connectivity index (χ3n) is 13.6. The Hall–Kier alpha value is -6.09. The van der Waals surface area contributed by atoms with Gasteiger partial charge in [-0.2, -0.15) is 4.98 Å². The van der Waals surface area contributed by atoms with Crippen molar-refractivity contribution >= 4 is 86.5 Å². The van der Waals surface area contributed by atoms with E-state index < -0.39 is 19.1 Å². The molecule has 0 bridgehead atoms. The van der Waals surface area contributed by atoms with Gasteiger partial charge in [-0.15, -0.1) is 0 Å². The molecule has 0 aliphatic carbocycles. The van der Waals surface area contributed by atoms with Crippen LogP contribution in [0.2, 0.25) is 0 Å². The Morgan fingerprint density at radius 2 is 1.74 bits per heavy atom. The molecule has 0 spiro atoms. The van der Waals surface area contributed by atoms with E-state index in [-0.39, 0.29) is 24.1 Å². The van der Waals surface area contributed by atoms with E-state index in [1.54, 1.807) is 43.7 Å². The van der Waals surface area contributed by atoms with Gasteiger partial charge < -0.3 is 44.9 Å². The molecule has 3 aromatic carbocycles. The fourth-order valence-electron chi connectivity index (χ4n) is 9.79. The number of piperazine rings is 1. The van der Waals surface area contributed by atoms with Crippen LogP contribution >= 0.6 is 23.1 Å². The summed E-state index contributed by atoms with van der Waals surface area (Å²) in [5.74, 6) is 6.86. The Bertz CT molecular complexity index is 2810. The molecule has 5 heterocycles. The highest BCUT2D eigenvalue weighted by Crippen LogP contribution is 2.41. The van der Waals surface area contributed by atoms with Crippen LogP contribution in [0.15, 0.2) is 77.4 Å². The van der Waals surface area contributed by atoms with Gasteiger partial charge in [0.1, 0.15) is 24.8 Å². The SMILES string of the molecule is COc1cc(N2CCC(N3CCN(CCCCC#Cc4cccc5c4CN(C4CCC(=O)NC4=O)C5=O)CC3)CC2)c(NC(=O)/C=C/CN(C)C)cc1Nc1ncc(Br)c(Nc2ccccc2P(C)(C)=O)n1. The maximum atomic E-state index is 13.4. The van der Waals surface area contributed by atoms with Crippen molar-refractivity contribution in [2.75, 3.05) is 108 Å². The van der Waals surface area contributed by atoms with E-state index in [1.165, 1.54) is 0 Å². The lowest BCUT2D eigenvalue weighted by molar-refractivity contribution is -0.137. The van der Waals surface area contributed by atoms with Crippen LogP contribution in [0.5, 0.6) is 5.75 Å². The fraction of sp³-hybridized carbons (Fsp3) is 0.434. The summed E-state index contributed by atoms with van der Waals surface area (Å²) in [5, 5.41) is 12.9. The second kappa shape index (κ2) is 23.6. The maximum Gasteiger partial charge on any atom is 0.255 e. The van der Waals surface area contributed by atoms with Crippen molar-refractivity contribution in [2.45, 2.75) is 63.6 Å². The number of anilines is 6. The molecule has 0 saturated carbocycles. The number of amides is 4. The van der Waals surface area contributed by atoms with Gasteiger partial charge in [0.05, 0.1) is 34.3 Å². The first-order chi connectivity index (χ1) is 34.6. The van der Waals surface area contributed by atoms with Crippen LogP contribution in [-0.4, -0.2) is 152 Å². The lowest BCUT2D eigenvalue weighted by Crippen LogP contribution is -2.53. The van der Waals surface area contributed by atoms with Crippen LogP contribution < -0.4 is 36.2 Å². The third-order valence-corrected chi connectivity index (χ3v) is 15.7. The molecule has 380 valence electrons. The Balaban J connectivity index is 0.847. The summed E-state index contributed by atoms with van der Waals surface area (Å²) in [5.41, 5.74) is 5.04.